The summed E-state index contributed by atoms with van der Waals surface area (Å²) in [7, 11) is 0. The van der Waals surface area contributed by atoms with Gasteiger partial charge in [-0.3, -0.25) is 0 Å². The first-order valence-electron chi connectivity index (χ1n) is 3.10. The normalized spacial score (nSPS) is 9.00. The van der Waals surface area contributed by atoms with Crippen LogP contribution in [0.15, 0.2) is 0 Å². The van der Waals surface area contributed by atoms with Gasteiger partial charge in [0.2, 0.25) is 0 Å². The van der Waals surface area contributed by atoms with Crippen LogP contribution >= 0.6 is 0 Å². The van der Waals surface area contributed by atoms with Crippen LogP contribution in [0.3, 0.4) is 0 Å². The average Bonchev–Trinajstić information content (AvgIpc) is 1.61. The number of hydrogen-bond acceptors (Lipinski definition) is 0. The molecule has 0 aromatic rings. The third-order valence-electron chi connectivity index (χ3n) is 1.05. The van der Waals surface area contributed by atoms with Gasteiger partial charge in [-0.1, -0.05) is 40.0 Å². The molecular formula is C7H15Zn. The smallest absolute Gasteiger partial charge is 0 e. The van der Waals surface area contributed by atoms with E-state index in [-0.39, 0.29) is 19.5 Å². The summed E-state index contributed by atoms with van der Waals surface area (Å²) in [5, 5.41) is 0. The zero-order valence-corrected chi connectivity index (χ0v) is 9.08. The second kappa shape index (κ2) is 7.62. The van der Waals surface area contributed by atoms with E-state index in [1.165, 1.54) is 19.3 Å². The van der Waals surface area contributed by atoms with Crippen LogP contribution in [0.2, 0.25) is 0 Å². The molecule has 0 amide bonds. The Hall–Kier alpha value is 0.623. The van der Waals surface area contributed by atoms with E-state index in [2.05, 4.69) is 20.8 Å². The first-order valence-corrected chi connectivity index (χ1v) is 3.10. The number of unbranched alkanes of at least 4 members (excludes halogenated alkanes) is 1. The summed E-state index contributed by atoms with van der Waals surface area (Å²) in [6, 6.07) is 0. The Kier molecular flexibility index (Phi) is 10.9. The van der Waals surface area contributed by atoms with Crippen molar-refractivity contribution in [1.82, 2.24) is 0 Å². The summed E-state index contributed by atoms with van der Waals surface area (Å²) >= 11 is 0. The van der Waals surface area contributed by atoms with Crippen molar-refractivity contribution in [2.75, 3.05) is 0 Å². The average molecular weight is 165 g/mol. The van der Waals surface area contributed by atoms with Crippen molar-refractivity contribution >= 4 is 0 Å². The minimum absolute atomic E-state index is 0. The van der Waals surface area contributed by atoms with E-state index in [4.69, 9.17) is 0 Å². The van der Waals surface area contributed by atoms with Crippen LogP contribution in [-0.2, 0) is 19.5 Å². The molecule has 0 nitrogen and oxygen atoms in total. The van der Waals surface area contributed by atoms with Crippen LogP contribution in [0.5, 0.6) is 0 Å². The number of rotatable bonds is 3. The van der Waals surface area contributed by atoms with Crippen molar-refractivity contribution < 1.29 is 19.5 Å². The summed E-state index contributed by atoms with van der Waals surface area (Å²) in [5.41, 5.74) is 0. The molecule has 0 spiro atoms. The summed E-state index contributed by atoms with van der Waals surface area (Å²) < 4.78 is 0. The summed E-state index contributed by atoms with van der Waals surface area (Å²) in [5.74, 6) is 0.653. The van der Waals surface area contributed by atoms with Gasteiger partial charge < -0.3 is 0 Å². The van der Waals surface area contributed by atoms with Crippen LogP contribution in [0.4, 0.5) is 0 Å². The largest absolute Gasteiger partial charge is 0.0654 e. The molecule has 0 heterocycles. The van der Waals surface area contributed by atoms with Crippen molar-refractivity contribution in [1.29, 1.82) is 0 Å². The van der Waals surface area contributed by atoms with Crippen molar-refractivity contribution in [2.45, 2.75) is 33.1 Å². The van der Waals surface area contributed by atoms with Gasteiger partial charge in [-0.15, -0.1) is 0 Å². The Bertz CT molecular complexity index is 33.4. The standard InChI is InChI=1S/C7H15.Zn/c1-4-5-6-7(2)3;/h7H,2,4-6H2,1,3H3;. The second-order valence-corrected chi connectivity index (χ2v) is 2.25. The zero-order chi connectivity index (χ0) is 5.70. The molecule has 0 saturated heterocycles. The third-order valence-corrected chi connectivity index (χ3v) is 1.05. The van der Waals surface area contributed by atoms with Crippen LogP contribution < -0.4 is 0 Å². The van der Waals surface area contributed by atoms with E-state index >= 15 is 0 Å². The topological polar surface area (TPSA) is 0 Å². The molecule has 0 aliphatic carbocycles. The summed E-state index contributed by atoms with van der Waals surface area (Å²) in [4.78, 5) is 0. The fourth-order valence-electron chi connectivity index (χ4n) is 0.553. The molecule has 0 N–H and O–H groups in total. The Balaban J connectivity index is 0. The molecule has 0 fully saturated rings. The third kappa shape index (κ3) is 9.80. The fraction of sp³-hybridized carbons (Fsp3) is 0.857. The van der Waals surface area contributed by atoms with Gasteiger partial charge in [0.05, 0.1) is 0 Å². The van der Waals surface area contributed by atoms with Gasteiger partial charge in [-0.05, 0) is 5.92 Å². The summed E-state index contributed by atoms with van der Waals surface area (Å²) in [6.07, 6.45) is 3.93. The molecule has 0 rings (SSSR count). The molecule has 1 atom stereocenters. The molecule has 0 saturated carbocycles. The van der Waals surface area contributed by atoms with Crippen LogP contribution in [0, 0.1) is 12.8 Å². The molecule has 1 radical (unpaired) electrons. The Morgan fingerprint density at radius 2 is 2.00 bits per heavy atom. The van der Waals surface area contributed by atoms with Crippen molar-refractivity contribution in [2.24, 2.45) is 5.92 Å². The molecule has 0 aromatic carbocycles. The van der Waals surface area contributed by atoms with Gasteiger partial charge in [0.1, 0.15) is 0 Å². The van der Waals surface area contributed by atoms with Gasteiger partial charge in [-0.25, -0.2) is 0 Å². The number of hydrogen-bond donors (Lipinski definition) is 0. The van der Waals surface area contributed by atoms with Gasteiger partial charge in [0.25, 0.3) is 0 Å². The van der Waals surface area contributed by atoms with E-state index < -0.39 is 0 Å². The molecular weight excluding hydrogens is 149 g/mol. The Morgan fingerprint density at radius 1 is 1.50 bits per heavy atom. The van der Waals surface area contributed by atoms with Crippen molar-refractivity contribution in [3.8, 4) is 0 Å². The molecule has 45 valence electrons. The van der Waals surface area contributed by atoms with Crippen molar-refractivity contribution in [3.05, 3.63) is 6.92 Å². The maximum atomic E-state index is 3.88. The predicted molar refractivity (Wildman–Crippen MR) is 34.0 cm³/mol. The van der Waals surface area contributed by atoms with Crippen LogP contribution in [-0.4, -0.2) is 0 Å². The first kappa shape index (κ1) is 11.4. The Morgan fingerprint density at radius 3 is 2.12 bits per heavy atom. The molecule has 0 aliphatic heterocycles. The monoisotopic (exact) mass is 163 g/mol. The summed E-state index contributed by atoms with van der Waals surface area (Å²) in [6.45, 7) is 8.25. The van der Waals surface area contributed by atoms with E-state index in [9.17, 15) is 0 Å². The van der Waals surface area contributed by atoms with Gasteiger partial charge in [0.15, 0.2) is 0 Å². The molecule has 8 heavy (non-hydrogen) atoms. The molecule has 0 aromatic heterocycles. The van der Waals surface area contributed by atoms with Gasteiger partial charge in [0, 0.05) is 19.5 Å². The maximum Gasteiger partial charge on any atom is 0 e. The molecule has 0 bridgehead atoms. The van der Waals surface area contributed by atoms with Crippen LogP contribution in [0.25, 0.3) is 0 Å². The minimum Gasteiger partial charge on any atom is -0.0654 e. The van der Waals surface area contributed by atoms with E-state index in [1.54, 1.807) is 0 Å². The SMILES string of the molecule is [CH2]C(C)CCCC.[Zn]. The first-order chi connectivity index (χ1) is 3.27. The van der Waals surface area contributed by atoms with Gasteiger partial charge >= 0.3 is 0 Å². The predicted octanol–water partition coefficient (Wildman–Crippen LogP) is 2.64. The maximum absolute atomic E-state index is 3.88. The molecule has 1 unspecified atom stereocenters. The quantitative estimate of drug-likeness (QED) is 0.563. The molecule has 0 aliphatic rings. The van der Waals surface area contributed by atoms with Crippen molar-refractivity contribution in [3.63, 3.8) is 0 Å². The van der Waals surface area contributed by atoms with Crippen LogP contribution in [0.1, 0.15) is 33.1 Å². The van der Waals surface area contributed by atoms with E-state index in [1.807, 2.05) is 0 Å². The van der Waals surface area contributed by atoms with Gasteiger partial charge in [-0.2, -0.15) is 0 Å². The van der Waals surface area contributed by atoms with E-state index in [0.29, 0.717) is 5.92 Å². The minimum atomic E-state index is 0. The van der Waals surface area contributed by atoms with E-state index in [0.717, 1.165) is 0 Å². The fourth-order valence-corrected chi connectivity index (χ4v) is 0.553. The Labute approximate surface area is 65.8 Å². The molecule has 1 heteroatoms. The second-order valence-electron chi connectivity index (χ2n) is 2.25. The zero-order valence-electron chi connectivity index (χ0n) is 6.11.